The van der Waals surface area contributed by atoms with Crippen LogP contribution < -0.4 is 5.32 Å². The molecule has 0 bridgehead atoms. The summed E-state index contributed by atoms with van der Waals surface area (Å²) in [4.78, 5) is 30.6. The van der Waals surface area contributed by atoms with Crippen LogP contribution >= 0.6 is 11.5 Å². The zero-order valence-corrected chi connectivity index (χ0v) is 20.4. The zero-order valence-electron chi connectivity index (χ0n) is 19.6. The van der Waals surface area contributed by atoms with E-state index in [0.717, 1.165) is 49.2 Å². The number of aromatic nitrogens is 2. The first-order chi connectivity index (χ1) is 16.4. The SMILES string of the molecule is Cc1ccc(NC(=O)N2CCC3(CC2)CCN(C(=O)c2snnc2-c2ccccc2)C3)c(C)c1. The van der Waals surface area contributed by atoms with E-state index < -0.39 is 0 Å². The van der Waals surface area contributed by atoms with Gasteiger partial charge in [-0.05, 0) is 61.7 Å². The number of amides is 3. The largest absolute Gasteiger partial charge is 0.337 e. The number of nitrogens with zero attached hydrogens (tertiary/aromatic N) is 4. The number of hydrogen-bond acceptors (Lipinski definition) is 5. The minimum absolute atomic E-state index is 0.0146. The van der Waals surface area contributed by atoms with Gasteiger partial charge in [-0.2, -0.15) is 0 Å². The molecule has 1 spiro atoms. The van der Waals surface area contributed by atoms with Gasteiger partial charge in [0.1, 0.15) is 10.6 Å². The molecule has 3 amide bonds. The number of carbonyl (C=O) groups is 2. The molecule has 1 aromatic heterocycles. The molecule has 2 aliphatic heterocycles. The zero-order chi connectivity index (χ0) is 23.7. The third kappa shape index (κ3) is 4.42. The number of benzene rings is 2. The van der Waals surface area contributed by atoms with E-state index in [2.05, 4.69) is 21.0 Å². The molecule has 0 saturated carbocycles. The lowest BCUT2D eigenvalue weighted by atomic mass is 9.78. The minimum Gasteiger partial charge on any atom is -0.337 e. The quantitative estimate of drug-likeness (QED) is 0.579. The summed E-state index contributed by atoms with van der Waals surface area (Å²) in [5, 5.41) is 7.29. The molecule has 2 aliphatic rings. The predicted molar refractivity (Wildman–Crippen MR) is 134 cm³/mol. The van der Waals surface area contributed by atoms with Gasteiger partial charge >= 0.3 is 6.03 Å². The van der Waals surface area contributed by atoms with Crippen molar-refractivity contribution >= 4 is 29.2 Å². The van der Waals surface area contributed by atoms with Gasteiger partial charge in [0.05, 0.1) is 0 Å². The van der Waals surface area contributed by atoms with Crippen molar-refractivity contribution in [3.8, 4) is 11.3 Å². The Morgan fingerprint density at radius 3 is 2.38 bits per heavy atom. The Kier molecular flexibility index (Phi) is 6.08. The smallest absolute Gasteiger partial charge is 0.321 e. The Hall–Kier alpha value is -3.26. The van der Waals surface area contributed by atoms with E-state index >= 15 is 0 Å². The molecule has 34 heavy (non-hydrogen) atoms. The van der Waals surface area contributed by atoms with Gasteiger partial charge in [-0.1, -0.05) is 52.5 Å². The molecule has 2 saturated heterocycles. The van der Waals surface area contributed by atoms with E-state index in [1.165, 1.54) is 17.1 Å². The maximum Gasteiger partial charge on any atom is 0.321 e. The van der Waals surface area contributed by atoms with Crippen molar-refractivity contribution in [2.75, 3.05) is 31.5 Å². The molecule has 0 radical (unpaired) electrons. The third-order valence-corrected chi connectivity index (χ3v) is 7.90. The summed E-state index contributed by atoms with van der Waals surface area (Å²) < 4.78 is 4.06. The lowest BCUT2D eigenvalue weighted by Crippen LogP contribution is -2.46. The second-order valence-corrected chi connectivity index (χ2v) is 10.3. The van der Waals surface area contributed by atoms with Crippen LogP contribution in [0.15, 0.2) is 48.5 Å². The molecule has 3 heterocycles. The van der Waals surface area contributed by atoms with Crippen molar-refractivity contribution in [3.63, 3.8) is 0 Å². The van der Waals surface area contributed by atoms with E-state index in [4.69, 9.17) is 0 Å². The van der Waals surface area contributed by atoms with E-state index in [-0.39, 0.29) is 17.4 Å². The van der Waals surface area contributed by atoms with Gasteiger partial charge in [-0.25, -0.2) is 4.79 Å². The molecule has 0 aliphatic carbocycles. The first-order valence-electron chi connectivity index (χ1n) is 11.7. The molecule has 0 unspecified atom stereocenters. The topological polar surface area (TPSA) is 78.4 Å². The molecule has 176 valence electrons. The van der Waals surface area contributed by atoms with Crippen LogP contribution in [0.4, 0.5) is 10.5 Å². The van der Waals surface area contributed by atoms with Crippen LogP contribution in [0.1, 0.15) is 40.1 Å². The molecule has 3 aromatic rings. The van der Waals surface area contributed by atoms with E-state index in [1.54, 1.807) is 0 Å². The molecule has 2 aromatic carbocycles. The van der Waals surface area contributed by atoms with E-state index in [1.807, 2.05) is 66.1 Å². The third-order valence-electron chi connectivity index (χ3n) is 7.19. The van der Waals surface area contributed by atoms with Crippen LogP contribution in [0.2, 0.25) is 0 Å². The summed E-state index contributed by atoms with van der Waals surface area (Å²) in [6.45, 7) is 6.93. The average molecular weight is 476 g/mol. The van der Waals surface area contributed by atoms with Crippen molar-refractivity contribution < 1.29 is 9.59 Å². The number of rotatable bonds is 3. The Morgan fingerprint density at radius 2 is 1.68 bits per heavy atom. The van der Waals surface area contributed by atoms with Gasteiger partial charge in [-0.15, -0.1) is 5.10 Å². The van der Waals surface area contributed by atoms with Gasteiger partial charge in [0.2, 0.25) is 0 Å². The lowest BCUT2D eigenvalue weighted by Gasteiger charge is -2.39. The highest BCUT2D eigenvalue weighted by molar-refractivity contribution is 7.08. The maximum atomic E-state index is 13.3. The first-order valence-corrected chi connectivity index (χ1v) is 12.5. The van der Waals surface area contributed by atoms with Gasteiger partial charge < -0.3 is 15.1 Å². The summed E-state index contributed by atoms with van der Waals surface area (Å²) in [7, 11) is 0. The maximum absolute atomic E-state index is 13.3. The summed E-state index contributed by atoms with van der Waals surface area (Å²) in [6, 6.07) is 15.8. The van der Waals surface area contributed by atoms with Crippen LogP contribution in [0, 0.1) is 19.3 Å². The molecule has 2 fully saturated rings. The number of anilines is 1. The van der Waals surface area contributed by atoms with Crippen LogP contribution in [0.3, 0.4) is 0 Å². The number of likely N-dealkylation sites (tertiary alicyclic amines) is 2. The fourth-order valence-corrected chi connectivity index (χ4v) is 5.76. The molecule has 5 rings (SSSR count). The second-order valence-electron chi connectivity index (χ2n) is 9.53. The van der Waals surface area contributed by atoms with Crippen molar-refractivity contribution in [3.05, 3.63) is 64.5 Å². The molecular weight excluding hydrogens is 446 g/mol. The monoisotopic (exact) mass is 475 g/mol. The molecular formula is C26H29N5O2S. The number of piperidine rings is 1. The highest BCUT2D eigenvalue weighted by Crippen LogP contribution is 2.41. The van der Waals surface area contributed by atoms with E-state index in [9.17, 15) is 9.59 Å². The van der Waals surface area contributed by atoms with Gasteiger partial charge in [0, 0.05) is 37.4 Å². The lowest BCUT2D eigenvalue weighted by molar-refractivity contribution is 0.0744. The summed E-state index contributed by atoms with van der Waals surface area (Å²) in [5.41, 5.74) is 4.77. The van der Waals surface area contributed by atoms with Gasteiger partial charge in [0.15, 0.2) is 0 Å². The van der Waals surface area contributed by atoms with Crippen LogP contribution in [-0.2, 0) is 0 Å². The Morgan fingerprint density at radius 1 is 0.971 bits per heavy atom. The Labute approximate surface area is 203 Å². The normalized spacial score (nSPS) is 17.2. The summed E-state index contributed by atoms with van der Waals surface area (Å²) >= 11 is 1.17. The summed E-state index contributed by atoms with van der Waals surface area (Å²) in [6.07, 6.45) is 2.78. The molecule has 7 nitrogen and oxygen atoms in total. The fraction of sp³-hybridized carbons (Fsp3) is 0.385. The highest BCUT2D eigenvalue weighted by atomic mass is 32.1. The van der Waals surface area contributed by atoms with Crippen molar-refractivity contribution in [2.45, 2.75) is 33.1 Å². The summed E-state index contributed by atoms with van der Waals surface area (Å²) in [5.74, 6) is 0.0146. The number of aryl methyl sites for hydroxylation is 2. The van der Waals surface area contributed by atoms with Gasteiger partial charge in [0.25, 0.3) is 5.91 Å². The Bertz CT molecular complexity index is 1200. The van der Waals surface area contributed by atoms with Gasteiger partial charge in [-0.3, -0.25) is 4.79 Å². The van der Waals surface area contributed by atoms with Crippen LogP contribution in [-0.4, -0.2) is 57.5 Å². The minimum atomic E-state index is -0.0454. The number of nitrogens with one attached hydrogen (secondary N) is 1. The predicted octanol–water partition coefficient (Wildman–Crippen LogP) is 4.98. The molecule has 8 heteroatoms. The number of carbonyl (C=O) groups excluding carboxylic acids is 2. The first kappa shape index (κ1) is 22.5. The molecule has 1 N–H and O–H groups in total. The van der Waals surface area contributed by atoms with Crippen molar-refractivity contribution in [2.24, 2.45) is 5.41 Å². The van der Waals surface area contributed by atoms with Crippen molar-refractivity contribution in [1.82, 2.24) is 19.4 Å². The number of hydrogen-bond donors (Lipinski definition) is 1. The second kappa shape index (κ2) is 9.18. The van der Waals surface area contributed by atoms with Crippen LogP contribution in [0.5, 0.6) is 0 Å². The van der Waals surface area contributed by atoms with E-state index in [0.29, 0.717) is 23.7 Å². The fourth-order valence-electron chi connectivity index (χ4n) is 5.11. The highest BCUT2D eigenvalue weighted by Gasteiger charge is 2.43. The Balaban J connectivity index is 1.20. The average Bonchev–Trinajstić information content (AvgIpc) is 3.49. The molecule has 0 atom stereocenters. The standard InChI is InChI=1S/C26H29N5O2S/c1-18-8-9-21(19(2)16-18)27-25(33)30-13-10-26(11-14-30)12-15-31(17-26)24(32)23-22(28-29-34-23)20-6-4-3-5-7-20/h3-9,16H,10-15,17H2,1-2H3,(H,27,33). The number of urea groups is 1. The van der Waals surface area contributed by atoms with Crippen LogP contribution in [0.25, 0.3) is 11.3 Å². The van der Waals surface area contributed by atoms with Crippen molar-refractivity contribution in [1.29, 1.82) is 0 Å².